The van der Waals surface area contributed by atoms with E-state index >= 15 is 0 Å². The fourth-order valence-electron chi connectivity index (χ4n) is 3.66. The van der Waals surface area contributed by atoms with Crippen LogP contribution in [0.25, 0.3) is 0 Å². The van der Waals surface area contributed by atoms with Crippen LogP contribution in [0.2, 0.25) is 0 Å². The van der Waals surface area contributed by atoms with E-state index in [4.69, 9.17) is 0 Å². The van der Waals surface area contributed by atoms with Crippen molar-refractivity contribution < 1.29 is 0 Å². The summed E-state index contributed by atoms with van der Waals surface area (Å²) in [5.41, 5.74) is 0. The zero-order chi connectivity index (χ0) is 12.3. The van der Waals surface area contributed by atoms with Crippen LogP contribution in [0.4, 0.5) is 0 Å². The van der Waals surface area contributed by atoms with E-state index in [2.05, 4.69) is 37.2 Å². The molecule has 2 fully saturated rings. The monoisotopic (exact) mass is 255 g/mol. The molecule has 0 heterocycles. The fourth-order valence-corrected chi connectivity index (χ4v) is 4.61. The molecular weight excluding hydrogens is 226 g/mol. The lowest BCUT2D eigenvalue weighted by Crippen LogP contribution is -2.50. The third-order valence-corrected chi connectivity index (χ3v) is 6.31. The largest absolute Gasteiger partial charge is 0.310 e. The molecule has 0 aromatic carbocycles. The van der Waals surface area contributed by atoms with Crippen molar-refractivity contribution in [2.45, 2.75) is 76.1 Å². The Morgan fingerprint density at radius 3 is 2.35 bits per heavy atom. The van der Waals surface area contributed by atoms with E-state index in [1.807, 2.05) is 0 Å². The number of thioether (sulfide) groups is 1. The van der Waals surface area contributed by atoms with Gasteiger partial charge in [-0.25, -0.2) is 0 Å². The average Bonchev–Trinajstić information content (AvgIpc) is 2.35. The van der Waals surface area contributed by atoms with Crippen LogP contribution in [0.1, 0.15) is 58.8 Å². The van der Waals surface area contributed by atoms with Crippen molar-refractivity contribution in [1.29, 1.82) is 0 Å². The summed E-state index contributed by atoms with van der Waals surface area (Å²) in [6.45, 7) is 4.89. The third kappa shape index (κ3) is 3.41. The Kier molecular flexibility index (Phi) is 5.23. The Morgan fingerprint density at radius 2 is 1.59 bits per heavy atom. The molecule has 0 bridgehead atoms. The second-order valence-electron chi connectivity index (χ2n) is 6.21. The summed E-state index contributed by atoms with van der Waals surface area (Å²) in [5, 5.41) is 4.89. The van der Waals surface area contributed by atoms with E-state index in [0.29, 0.717) is 0 Å². The molecule has 17 heavy (non-hydrogen) atoms. The lowest BCUT2D eigenvalue weighted by atomic mass is 9.77. The SMILES string of the molecule is CSC1CCCCC1NC1CCCC(C)C1C. The van der Waals surface area contributed by atoms with Crippen molar-refractivity contribution >= 4 is 11.8 Å². The molecule has 0 aliphatic heterocycles. The summed E-state index contributed by atoms with van der Waals surface area (Å²) in [6.07, 6.45) is 12.3. The molecular formula is C15H29NS. The molecule has 5 atom stereocenters. The molecule has 0 amide bonds. The van der Waals surface area contributed by atoms with Gasteiger partial charge < -0.3 is 5.32 Å². The summed E-state index contributed by atoms with van der Waals surface area (Å²) < 4.78 is 0. The highest BCUT2D eigenvalue weighted by Crippen LogP contribution is 2.33. The van der Waals surface area contributed by atoms with Crippen LogP contribution in [0.15, 0.2) is 0 Å². The number of rotatable bonds is 3. The molecule has 2 rings (SSSR count). The van der Waals surface area contributed by atoms with Crippen molar-refractivity contribution in [1.82, 2.24) is 5.32 Å². The second kappa shape index (κ2) is 6.47. The molecule has 0 aromatic rings. The molecule has 100 valence electrons. The fraction of sp³-hybridized carbons (Fsp3) is 1.00. The van der Waals surface area contributed by atoms with Crippen LogP contribution in [0.5, 0.6) is 0 Å². The molecule has 0 aromatic heterocycles. The Balaban J connectivity index is 1.89. The first-order valence-corrected chi connectivity index (χ1v) is 8.80. The highest BCUT2D eigenvalue weighted by atomic mass is 32.2. The Bertz CT molecular complexity index is 225. The van der Waals surface area contributed by atoms with Crippen LogP contribution in [-0.2, 0) is 0 Å². The zero-order valence-corrected chi connectivity index (χ0v) is 12.6. The van der Waals surface area contributed by atoms with Gasteiger partial charge in [-0.15, -0.1) is 0 Å². The minimum atomic E-state index is 0.788. The van der Waals surface area contributed by atoms with Crippen LogP contribution in [0, 0.1) is 11.8 Å². The quantitative estimate of drug-likeness (QED) is 0.815. The number of hydrogen-bond acceptors (Lipinski definition) is 2. The van der Waals surface area contributed by atoms with Crippen molar-refractivity contribution in [2.24, 2.45) is 11.8 Å². The van der Waals surface area contributed by atoms with E-state index < -0.39 is 0 Å². The molecule has 2 saturated carbocycles. The summed E-state index contributed by atoms with van der Waals surface area (Å²) in [7, 11) is 0. The first-order valence-electron chi connectivity index (χ1n) is 7.51. The summed E-state index contributed by atoms with van der Waals surface area (Å²) >= 11 is 2.08. The van der Waals surface area contributed by atoms with Gasteiger partial charge in [0.1, 0.15) is 0 Å². The molecule has 2 aliphatic rings. The molecule has 0 saturated heterocycles. The topological polar surface area (TPSA) is 12.0 Å². The van der Waals surface area contributed by atoms with Crippen LogP contribution >= 0.6 is 11.8 Å². The van der Waals surface area contributed by atoms with Gasteiger partial charge in [0.25, 0.3) is 0 Å². The molecule has 1 nitrogen and oxygen atoms in total. The lowest BCUT2D eigenvalue weighted by Gasteiger charge is -2.40. The van der Waals surface area contributed by atoms with Gasteiger partial charge in [0.05, 0.1) is 0 Å². The highest BCUT2D eigenvalue weighted by Gasteiger charge is 2.31. The number of nitrogens with one attached hydrogen (secondary N) is 1. The van der Waals surface area contributed by atoms with Gasteiger partial charge in [-0.05, 0) is 37.4 Å². The van der Waals surface area contributed by atoms with Crippen molar-refractivity contribution in [3.63, 3.8) is 0 Å². The third-order valence-electron chi connectivity index (χ3n) is 5.14. The summed E-state index contributed by atoms with van der Waals surface area (Å²) in [5.74, 6) is 1.78. The predicted molar refractivity (Wildman–Crippen MR) is 78.7 cm³/mol. The van der Waals surface area contributed by atoms with E-state index in [9.17, 15) is 0 Å². The van der Waals surface area contributed by atoms with Crippen molar-refractivity contribution in [3.8, 4) is 0 Å². The van der Waals surface area contributed by atoms with Gasteiger partial charge in [0.2, 0.25) is 0 Å². The minimum absolute atomic E-state index is 0.788. The van der Waals surface area contributed by atoms with Crippen molar-refractivity contribution in [3.05, 3.63) is 0 Å². The van der Waals surface area contributed by atoms with Crippen LogP contribution in [0.3, 0.4) is 0 Å². The maximum atomic E-state index is 4.02. The normalized spacial score (nSPS) is 43.6. The summed E-state index contributed by atoms with van der Waals surface area (Å²) in [6, 6.07) is 1.58. The number of hydrogen-bond donors (Lipinski definition) is 1. The standard InChI is InChI=1S/C15H29NS/c1-11-7-6-9-13(12(11)2)16-14-8-4-5-10-15(14)17-3/h11-16H,4-10H2,1-3H3. The first-order chi connectivity index (χ1) is 8.22. The molecule has 2 heteroatoms. The van der Waals surface area contributed by atoms with Gasteiger partial charge in [0, 0.05) is 17.3 Å². The van der Waals surface area contributed by atoms with Gasteiger partial charge in [-0.1, -0.05) is 39.5 Å². The second-order valence-corrected chi connectivity index (χ2v) is 7.28. The van der Waals surface area contributed by atoms with Gasteiger partial charge in [-0.3, -0.25) is 0 Å². The Morgan fingerprint density at radius 1 is 0.882 bits per heavy atom. The van der Waals surface area contributed by atoms with E-state index in [-0.39, 0.29) is 0 Å². The van der Waals surface area contributed by atoms with Crippen molar-refractivity contribution in [2.75, 3.05) is 6.26 Å². The van der Waals surface area contributed by atoms with E-state index in [1.54, 1.807) is 0 Å². The first kappa shape index (κ1) is 13.7. The molecule has 1 N–H and O–H groups in total. The summed E-state index contributed by atoms with van der Waals surface area (Å²) in [4.78, 5) is 0. The van der Waals surface area contributed by atoms with Gasteiger partial charge >= 0.3 is 0 Å². The predicted octanol–water partition coefficient (Wildman–Crippen LogP) is 4.07. The maximum absolute atomic E-state index is 4.02. The highest BCUT2D eigenvalue weighted by molar-refractivity contribution is 7.99. The molecule has 0 spiro atoms. The Hall–Kier alpha value is 0.310. The Labute approximate surface area is 112 Å². The molecule has 0 radical (unpaired) electrons. The smallest absolute Gasteiger partial charge is 0.0198 e. The maximum Gasteiger partial charge on any atom is 0.0198 e. The van der Waals surface area contributed by atoms with E-state index in [1.165, 1.54) is 44.9 Å². The van der Waals surface area contributed by atoms with Crippen LogP contribution in [-0.4, -0.2) is 23.6 Å². The zero-order valence-electron chi connectivity index (χ0n) is 11.7. The lowest BCUT2D eigenvalue weighted by molar-refractivity contribution is 0.184. The molecule has 2 aliphatic carbocycles. The average molecular weight is 255 g/mol. The molecule has 5 unspecified atom stereocenters. The van der Waals surface area contributed by atoms with E-state index in [0.717, 1.165) is 29.2 Å². The van der Waals surface area contributed by atoms with Gasteiger partial charge in [-0.2, -0.15) is 11.8 Å². The minimum Gasteiger partial charge on any atom is -0.310 e. The van der Waals surface area contributed by atoms with Crippen LogP contribution < -0.4 is 5.32 Å². The van der Waals surface area contributed by atoms with Gasteiger partial charge in [0.15, 0.2) is 0 Å².